The summed E-state index contributed by atoms with van der Waals surface area (Å²) in [6.45, 7) is 0. The van der Waals surface area contributed by atoms with E-state index in [0.717, 1.165) is 25.3 Å². The molecule has 0 aromatic heterocycles. The Labute approximate surface area is 157 Å². The molecule has 0 saturated heterocycles. The molecular weight excluding hydrogens is 355 g/mol. The van der Waals surface area contributed by atoms with Crippen LogP contribution in [-0.4, -0.2) is 25.7 Å². The number of nitrogens with zero attached hydrogens (tertiary/aromatic N) is 1. The van der Waals surface area contributed by atoms with Gasteiger partial charge in [0.25, 0.3) is 0 Å². The molecule has 7 heteroatoms. The lowest BCUT2D eigenvalue weighted by Crippen LogP contribution is -2.60. The van der Waals surface area contributed by atoms with E-state index in [4.69, 9.17) is 0 Å². The number of rotatable bonds is 3. The Morgan fingerprint density at radius 2 is 1.63 bits per heavy atom. The maximum atomic E-state index is 13.5. The summed E-state index contributed by atoms with van der Waals surface area (Å²) in [6, 6.07) is 3.45. The number of hydrogen-bond acceptors (Lipinski definition) is 2. The molecule has 4 bridgehead atoms. The topological polar surface area (TPSA) is 44.4 Å². The Morgan fingerprint density at radius 1 is 1.07 bits per heavy atom. The molecular formula is C20H26F3N3O. The van der Waals surface area contributed by atoms with Gasteiger partial charge in [-0.25, -0.2) is 4.79 Å². The molecule has 0 unspecified atom stereocenters. The smallest absolute Gasteiger partial charge is 0.378 e. The van der Waals surface area contributed by atoms with E-state index < -0.39 is 17.8 Å². The third kappa shape index (κ3) is 3.60. The number of carbonyl (C=O) groups is 1. The number of hydrogen-bond donors (Lipinski definition) is 2. The van der Waals surface area contributed by atoms with Crippen LogP contribution in [0.15, 0.2) is 18.2 Å². The van der Waals surface area contributed by atoms with Gasteiger partial charge in [-0.3, -0.25) is 0 Å². The molecule has 2 amide bonds. The maximum absolute atomic E-state index is 13.5. The van der Waals surface area contributed by atoms with Crippen molar-refractivity contribution in [3.63, 3.8) is 0 Å². The second kappa shape index (κ2) is 6.31. The van der Waals surface area contributed by atoms with Crippen molar-refractivity contribution in [2.75, 3.05) is 24.3 Å². The summed E-state index contributed by atoms with van der Waals surface area (Å²) < 4.78 is 40.4. The van der Waals surface area contributed by atoms with Crippen LogP contribution in [-0.2, 0) is 6.18 Å². The molecule has 148 valence electrons. The molecule has 1 aromatic carbocycles. The zero-order chi connectivity index (χ0) is 19.4. The Kier molecular flexibility index (Phi) is 4.31. The van der Waals surface area contributed by atoms with E-state index in [1.165, 1.54) is 25.3 Å². The average Bonchev–Trinajstić information content (AvgIpc) is 2.51. The minimum Gasteiger partial charge on any atom is -0.378 e. The number of alkyl halides is 3. The first-order valence-electron chi connectivity index (χ1n) is 9.61. The highest BCUT2D eigenvalue weighted by atomic mass is 19.4. The predicted octanol–water partition coefficient (Wildman–Crippen LogP) is 4.86. The van der Waals surface area contributed by atoms with Crippen LogP contribution in [0.2, 0.25) is 0 Å². The minimum atomic E-state index is -4.53. The van der Waals surface area contributed by atoms with E-state index in [0.29, 0.717) is 23.4 Å². The van der Waals surface area contributed by atoms with Gasteiger partial charge in [0.1, 0.15) is 0 Å². The van der Waals surface area contributed by atoms with E-state index in [-0.39, 0.29) is 11.2 Å². The summed E-state index contributed by atoms with van der Waals surface area (Å²) in [6.07, 6.45) is 2.07. The van der Waals surface area contributed by atoms with Crippen LogP contribution in [0, 0.1) is 17.8 Å². The first-order chi connectivity index (χ1) is 12.6. The van der Waals surface area contributed by atoms with Crippen molar-refractivity contribution < 1.29 is 18.0 Å². The number of carbonyl (C=O) groups excluding carboxylic acids is 1. The molecule has 0 spiro atoms. The number of nitrogens with one attached hydrogen (secondary N) is 2. The van der Waals surface area contributed by atoms with Crippen LogP contribution in [0.1, 0.15) is 44.1 Å². The van der Waals surface area contributed by atoms with Crippen molar-refractivity contribution in [1.82, 2.24) is 5.32 Å². The molecule has 4 fully saturated rings. The molecule has 0 radical (unpaired) electrons. The van der Waals surface area contributed by atoms with E-state index in [9.17, 15) is 18.0 Å². The highest BCUT2D eigenvalue weighted by Crippen LogP contribution is 2.55. The standard InChI is InChI=1S/C20H26F3N3O/c1-26(2)15-3-4-17(16(8-15)20(21,22)23)24-18(27)25-19-9-12-5-13(10-19)7-14(6-12)11-19/h3-4,8,12-14H,5-7,9-11H2,1-2H3,(H2,24,25,27). The average molecular weight is 381 g/mol. The van der Waals surface area contributed by atoms with Gasteiger partial charge in [-0.05, 0) is 74.5 Å². The lowest BCUT2D eigenvalue weighted by atomic mass is 9.53. The molecule has 4 aliphatic carbocycles. The Balaban J connectivity index is 1.51. The van der Waals surface area contributed by atoms with Crippen molar-refractivity contribution in [1.29, 1.82) is 0 Å². The van der Waals surface area contributed by atoms with Gasteiger partial charge in [0.2, 0.25) is 0 Å². The van der Waals surface area contributed by atoms with Gasteiger partial charge < -0.3 is 15.5 Å². The van der Waals surface area contributed by atoms with Crippen LogP contribution in [0.3, 0.4) is 0 Å². The Bertz CT molecular complexity index is 709. The normalized spacial score (nSPS) is 31.7. The molecule has 0 heterocycles. The van der Waals surface area contributed by atoms with Crippen molar-refractivity contribution in [3.05, 3.63) is 23.8 Å². The zero-order valence-electron chi connectivity index (χ0n) is 15.7. The summed E-state index contributed by atoms with van der Waals surface area (Å²) in [7, 11) is 3.37. The van der Waals surface area contributed by atoms with Crippen LogP contribution in [0.25, 0.3) is 0 Å². The summed E-state index contributed by atoms with van der Waals surface area (Å²) in [5, 5.41) is 5.53. The summed E-state index contributed by atoms with van der Waals surface area (Å²) in [5.41, 5.74) is -0.820. The van der Waals surface area contributed by atoms with Gasteiger partial charge >= 0.3 is 12.2 Å². The predicted molar refractivity (Wildman–Crippen MR) is 98.8 cm³/mol. The molecule has 2 N–H and O–H groups in total. The summed E-state index contributed by atoms with van der Waals surface area (Å²) in [4.78, 5) is 14.2. The van der Waals surface area contributed by atoms with Crippen LogP contribution < -0.4 is 15.5 Å². The molecule has 0 atom stereocenters. The van der Waals surface area contributed by atoms with Gasteiger partial charge in [-0.15, -0.1) is 0 Å². The van der Waals surface area contributed by atoms with Gasteiger partial charge in [0.15, 0.2) is 0 Å². The van der Waals surface area contributed by atoms with Crippen LogP contribution in [0.5, 0.6) is 0 Å². The SMILES string of the molecule is CN(C)c1ccc(NC(=O)NC23CC4CC(CC(C4)C2)C3)c(C(F)(F)F)c1. The number of urea groups is 1. The molecule has 5 rings (SSSR count). The number of amides is 2. The van der Waals surface area contributed by atoms with E-state index >= 15 is 0 Å². The summed E-state index contributed by atoms with van der Waals surface area (Å²) >= 11 is 0. The highest BCUT2D eigenvalue weighted by Gasteiger charge is 2.51. The lowest BCUT2D eigenvalue weighted by molar-refractivity contribution is -0.136. The van der Waals surface area contributed by atoms with Gasteiger partial charge in [-0.2, -0.15) is 13.2 Å². The molecule has 27 heavy (non-hydrogen) atoms. The van der Waals surface area contributed by atoms with Gasteiger partial charge in [-0.1, -0.05) is 0 Å². The van der Waals surface area contributed by atoms with Crippen molar-refractivity contribution in [2.45, 2.75) is 50.2 Å². The van der Waals surface area contributed by atoms with Gasteiger partial charge in [0.05, 0.1) is 11.3 Å². The van der Waals surface area contributed by atoms with Crippen LogP contribution >= 0.6 is 0 Å². The first-order valence-corrected chi connectivity index (χ1v) is 9.61. The lowest BCUT2D eigenvalue weighted by Gasteiger charge is -2.56. The third-order valence-electron chi connectivity index (χ3n) is 6.49. The van der Waals surface area contributed by atoms with E-state index in [1.807, 2.05) is 0 Å². The number of anilines is 2. The van der Waals surface area contributed by atoms with Crippen molar-refractivity contribution in [2.24, 2.45) is 17.8 Å². The fourth-order valence-electron chi connectivity index (χ4n) is 5.81. The van der Waals surface area contributed by atoms with Crippen molar-refractivity contribution >= 4 is 17.4 Å². The van der Waals surface area contributed by atoms with Crippen LogP contribution in [0.4, 0.5) is 29.3 Å². The molecule has 4 aliphatic rings. The molecule has 0 aliphatic heterocycles. The largest absolute Gasteiger partial charge is 0.418 e. The quantitative estimate of drug-likeness (QED) is 0.785. The number of benzene rings is 1. The highest BCUT2D eigenvalue weighted by molar-refractivity contribution is 5.91. The Hall–Kier alpha value is -1.92. The second-order valence-corrected chi connectivity index (χ2v) is 8.90. The fourth-order valence-corrected chi connectivity index (χ4v) is 5.81. The molecule has 1 aromatic rings. The molecule has 4 nitrogen and oxygen atoms in total. The van der Waals surface area contributed by atoms with E-state index in [1.54, 1.807) is 25.1 Å². The fraction of sp³-hybridized carbons (Fsp3) is 0.650. The zero-order valence-corrected chi connectivity index (χ0v) is 15.7. The monoisotopic (exact) mass is 381 g/mol. The second-order valence-electron chi connectivity index (χ2n) is 8.90. The minimum absolute atomic E-state index is 0.199. The first kappa shape index (κ1) is 18.4. The maximum Gasteiger partial charge on any atom is 0.418 e. The van der Waals surface area contributed by atoms with Gasteiger partial charge in [0, 0.05) is 25.3 Å². The van der Waals surface area contributed by atoms with E-state index in [2.05, 4.69) is 10.6 Å². The third-order valence-corrected chi connectivity index (χ3v) is 6.49. The Morgan fingerprint density at radius 3 is 2.11 bits per heavy atom. The summed E-state index contributed by atoms with van der Waals surface area (Å²) in [5.74, 6) is 1.96. The molecule has 4 saturated carbocycles. The number of halogens is 3. The van der Waals surface area contributed by atoms with Crippen molar-refractivity contribution in [3.8, 4) is 0 Å².